The number of nitrogens with one attached hydrogen (secondary N) is 1. The van der Waals surface area contributed by atoms with Crippen molar-refractivity contribution in [2.24, 2.45) is 0 Å². The molecule has 0 spiro atoms. The minimum Gasteiger partial charge on any atom is -0.355 e. The lowest BCUT2D eigenvalue weighted by Crippen LogP contribution is -2.22. The molecule has 3 heterocycles. The van der Waals surface area contributed by atoms with E-state index in [0.717, 1.165) is 20.5 Å². The Balaban J connectivity index is 1.67. The summed E-state index contributed by atoms with van der Waals surface area (Å²) in [4.78, 5) is 18.4. The Morgan fingerprint density at radius 2 is 2.29 bits per heavy atom. The van der Waals surface area contributed by atoms with Crippen LogP contribution in [0.3, 0.4) is 0 Å². The van der Waals surface area contributed by atoms with Gasteiger partial charge in [0, 0.05) is 10.9 Å². The Bertz CT molecular complexity index is 759. The van der Waals surface area contributed by atoms with Crippen LogP contribution in [0.1, 0.15) is 26.1 Å². The van der Waals surface area contributed by atoms with Crippen molar-refractivity contribution in [3.8, 4) is 10.6 Å². The number of carbonyl (C=O) groups excluding carboxylic acids is 1. The minimum atomic E-state index is -0.244. The molecule has 0 unspecified atom stereocenters. The number of thiophene rings is 1. The summed E-state index contributed by atoms with van der Waals surface area (Å²) in [5, 5.41) is 9.61. The van der Waals surface area contributed by atoms with Crippen molar-refractivity contribution >= 4 is 28.6 Å². The molecule has 0 aliphatic carbocycles. The van der Waals surface area contributed by atoms with Crippen molar-refractivity contribution in [2.75, 3.05) is 0 Å². The lowest BCUT2D eigenvalue weighted by molar-refractivity contribution is 0.0942. The maximum Gasteiger partial charge on any atom is 0.273 e. The van der Waals surface area contributed by atoms with Crippen LogP contribution >= 0.6 is 22.7 Å². The largest absolute Gasteiger partial charge is 0.355 e. The molecule has 108 valence electrons. The van der Waals surface area contributed by atoms with E-state index in [1.807, 2.05) is 31.4 Å². The maximum atomic E-state index is 12.1. The Morgan fingerprint density at radius 3 is 2.95 bits per heavy atom. The lowest BCUT2D eigenvalue weighted by Gasteiger charge is -2.00. The topological polar surface area (TPSA) is 68.0 Å². The van der Waals surface area contributed by atoms with Crippen LogP contribution in [0.15, 0.2) is 28.1 Å². The van der Waals surface area contributed by atoms with E-state index in [4.69, 9.17) is 4.52 Å². The molecule has 0 saturated heterocycles. The number of thiazole rings is 1. The number of hydrogen-bond acceptors (Lipinski definition) is 6. The van der Waals surface area contributed by atoms with Crippen LogP contribution in [0.2, 0.25) is 0 Å². The van der Waals surface area contributed by atoms with Crippen LogP contribution < -0.4 is 5.32 Å². The first-order valence-electron chi connectivity index (χ1n) is 6.35. The van der Waals surface area contributed by atoms with Gasteiger partial charge in [-0.05, 0) is 25.3 Å². The molecule has 0 fully saturated rings. The quantitative estimate of drug-likeness (QED) is 0.800. The summed E-state index contributed by atoms with van der Waals surface area (Å²) < 4.78 is 5.20. The fourth-order valence-corrected chi connectivity index (χ4v) is 3.46. The molecule has 3 rings (SSSR count). The summed E-state index contributed by atoms with van der Waals surface area (Å²) in [6.45, 7) is 4.35. The predicted octanol–water partition coefficient (Wildman–Crippen LogP) is 3.41. The van der Waals surface area contributed by atoms with Crippen LogP contribution in [0.4, 0.5) is 0 Å². The van der Waals surface area contributed by atoms with Crippen LogP contribution in [0.25, 0.3) is 10.6 Å². The highest BCUT2D eigenvalue weighted by molar-refractivity contribution is 7.13. The average Bonchev–Trinajstić information content (AvgIpc) is 3.16. The fourth-order valence-electron chi connectivity index (χ4n) is 1.91. The van der Waals surface area contributed by atoms with Gasteiger partial charge in [-0.2, -0.15) is 0 Å². The molecule has 0 aliphatic rings. The van der Waals surface area contributed by atoms with Crippen LogP contribution in [-0.4, -0.2) is 16.0 Å². The van der Waals surface area contributed by atoms with Gasteiger partial charge in [-0.25, -0.2) is 4.98 Å². The first-order chi connectivity index (χ1) is 10.1. The van der Waals surface area contributed by atoms with Gasteiger partial charge < -0.3 is 9.84 Å². The van der Waals surface area contributed by atoms with E-state index in [-0.39, 0.29) is 11.6 Å². The molecule has 5 nitrogen and oxygen atoms in total. The molecule has 3 aromatic heterocycles. The lowest BCUT2D eigenvalue weighted by atomic mass is 10.3. The Labute approximate surface area is 129 Å². The third kappa shape index (κ3) is 3.03. The second kappa shape index (κ2) is 5.79. The van der Waals surface area contributed by atoms with E-state index < -0.39 is 0 Å². The van der Waals surface area contributed by atoms with E-state index in [0.29, 0.717) is 12.3 Å². The highest BCUT2D eigenvalue weighted by atomic mass is 32.1. The summed E-state index contributed by atoms with van der Waals surface area (Å²) in [7, 11) is 0. The molecule has 0 radical (unpaired) electrons. The molecule has 0 aliphatic heterocycles. The number of hydrogen-bond donors (Lipinski definition) is 1. The highest BCUT2D eigenvalue weighted by Gasteiger charge is 2.15. The fraction of sp³-hybridized carbons (Fsp3) is 0.214. The average molecular weight is 319 g/mol. The molecular formula is C14H13N3O2S2. The van der Waals surface area contributed by atoms with Crippen molar-refractivity contribution in [1.82, 2.24) is 15.5 Å². The molecule has 0 bridgehead atoms. The van der Waals surface area contributed by atoms with E-state index in [2.05, 4.69) is 15.5 Å². The zero-order chi connectivity index (χ0) is 14.8. The Kier molecular flexibility index (Phi) is 3.85. The van der Waals surface area contributed by atoms with Gasteiger partial charge in [-0.1, -0.05) is 11.2 Å². The molecule has 1 amide bonds. The van der Waals surface area contributed by atoms with Gasteiger partial charge in [0.05, 0.1) is 22.1 Å². The summed E-state index contributed by atoms with van der Waals surface area (Å²) in [6.07, 6.45) is 0. The van der Waals surface area contributed by atoms with Crippen LogP contribution in [0.5, 0.6) is 0 Å². The van der Waals surface area contributed by atoms with Crippen molar-refractivity contribution in [1.29, 1.82) is 0 Å². The van der Waals surface area contributed by atoms with Gasteiger partial charge in [0.25, 0.3) is 5.91 Å². The van der Waals surface area contributed by atoms with Crippen LogP contribution in [-0.2, 0) is 6.54 Å². The molecule has 0 saturated carbocycles. The van der Waals surface area contributed by atoms with E-state index >= 15 is 0 Å². The van der Waals surface area contributed by atoms with Gasteiger partial charge in [0.2, 0.25) is 0 Å². The normalized spacial score (nSPS) is 10.8. The number of amides is 1. The second-order valence-corrected chi connectivity index (χ2v) is 6.71. The molecule has 7 heteroatoms. The Morgan fingerprint density at radius 1 is 1.43 bits per heavy atom. The predicted molar refractivity (Wildman–Crippen MR) is 82.6 cm³/mol. The van der Waals surface area contributed by atoms with E-state index in [9.17, 15) is 4.79 Å². The Hall–Kier alpha value is -1.99. The summed E-state index contributed by atoms with van der Waals surface area (Å²) >= 11 is 3.13. The summed E-state index contributed by atoms with van der Waals surface area (Å²) in [5.41, 5.74) is 1.24. The van der Waals surface area contributed by atoms with Crippen molar-refractivity contribution < 1.29 is 9.32 Å². The standard InChI is InChI=1S/C14H13N3O2S2/c1-8-13(21-9(2)16-8)7-15-14(18)10-6-11(19-17-10)12-4-3-5-20-12/h3-6H,7H2,1-2H3,(H,15,18). The first-order valence-corrected chi connectivity index (χ1v) is 8.05. The zero-order valence-electron chi connectivity index (χ0n) is 11.5. The number of aromatic nitrogens is 2. The summed E-state index contributed by atoms with van der Waals surface area (Å²) in [5.74, 6) is 0.368. The number of rotatable bonds is 4. The number of aryl methyl sites for hydroxylation is 2. The number of carbonyl (C=O) groups is 1. The van der Waals surface area contributed by atoms with Gasteiger partial charge >= 0.3 is 0 Å². The van der Waals surface area contributed by atoms with Gasteiger partial charge in [0.1, 0.15) is 0 Å². The minimum absolute atomic E-state index is 0.244. The SMILES string of the molecule is Cc1nc(C)c(CNC(=O)c2cc(-c3cccs3)on2)s1. The maximum absolute atomic E-state index is 12.1. The van der Waals surface area contributed by atoms with Gasteiger partial charge in [-0.3, -0.25) is 4.79 Å². The van der Waals surface area contributed by atoms with Crippen LogP contribution in [0, 0.1) is 13.8 Å². The third-order valence-electron chi connectivity index (χ3n) is 2.92. The van der Waals surface area contributed by atoms with Gasteiger partial charge in [-0.15, -0.1) is 22.7 Å². The van der Waals surface area contributed by atoms with Gasteiger partial charge in [0.15, 0.2) is 11.5 Å². The summed E-state index contributed by atoms with van der Waals surface area (Å²) in [6, 6.07) is 5.51. The number of nitrogens with zero attached hydrogens (tertiary/aromatic N) is 2. The van der Waals surface area contributed by atoms with Crippen molar-refractivity contribution in [2.45, 2.75) is 20.4 Å². The van der Waals surface area contributed by atoms with Crippen molar-refractivity contribution in [3.63, 3.8) is 0 Å². The molecule has 1 N–H and O–H groups in total. The van der Waals surface area contributed by atoms with E-state index in [1.54, 1.807) is 28.7 Å². The first kappa shape index (κ1) is 14.0. The molecule has 3 aromatic rings. The molecule has 0 aromatic carbocycles. The zero-order valence-corrected chi connectivity index (χ0v) is 13.2. The third-order valence-corrected chi connectivity index (χ3v) is 4.87. The molecule has 21 heavy (non-hydrogen) atoms. The highest BCUT2D eigenvalue weighted by Crippen LogP contribution is 2.25. The second-order valence-electron chi connectivity index (χ2n) is 4.48. The van der Waals surface area contributed by atoms with E-state index in [1.165, 1.54) is 0 Å². The molecular weight excluding hydrogens is 306 g/mol. The molecule has 0 atom stereocenters. The van der Waals surface area contributed by atoms with Crippen molar-refractivity contribution in [3.05, 3.63) is 44.9 Å². The smallest absolute Gasteiger partial charge is 0.273 e. The monoisotopic (exact) mass is 319 g/mol.